The average molecular weight is 352 g/mol. The van der Waals surface area contributed by atoms with Gasteiger partial charge in [0.1, 0.15) is 5.84 Å². The Kier molecular flexibility index (Phi) is 5.77. The molecule has 0 fully saturated rings. The normalized spacial score (nSPS) is 11.6. The monoisotopic (exact) mass is 352 g/mol. The highest BCUT2D eigenvalue weighted by atomic mass is 32.1. The first-order valence-corrected chi connectivity index (χ1v) is 8.95. The fraction of sp³-hybridized carbons (Fsp3) is 0.158. The van der Waals surface area contributed by atoms with E-state index in [0.29, 0.717) is 12.4 Å². The summed E-state index contributed by atoms with van der Waals surface area (Å²) in [6.45, 7) is 1.36. The van der Waals surface area contributed by atoms with Crippen LogP contribution in [0, 0.1) is 5.21 Å². The van der Waals surface area contributed by atoms with Gasteiger partial charge in [-0.15, -0.1) is 11.3 Å². The Hall–Kier alpha value is -2.70. The quantitative estimate of drug-likeness (QED) is 0.226. The summed E-state index contributed by atoms with van der Waals surface area (Å²) < 4.78 is 0.887. The summed E-state index contributed by atoms with van der Waals surface area (Å²) >= 11 is 1.58. The zero-order valence-electron chi connectivity index (χ0n) is 13.8. The fourth-order valence-corrected chi connectivity index (χ4v) is 3.03. The van der Waals surface area contributed by atoms with Crippen molar-refractivity contribution in [2.75, 3.05) is 6.54 Å². The third-order valence-corrected chi connectivity index (χ3v) is 4.65. The van der Waals surface area contributed by atoms with E-state index >= 15 is 0 Å². The van der Waals surface area contributed by atoms with Crippen molar-refractivity contribution in [3.05, 3.63) is 87.5 Å². The minimum atomic E-state index is 0.540. The summed E-state index contributed by atoms with van der Waals surface area (Å²) in [7, 11) is 0. The summed E-state index contributed by atoms with van der Waals surface area (Å²) in [5, 5.41) is 16.8. The highest BCUT2D eigenvalue weighted by Crippen LogP contribution is 2.16. The highest BCUT2D eigenvalue weighted by Gasteiger charge is 2.03. The number of benzene rings is 1. The molecule has 0 aliphatic heterocycles. The van der Waals surface area contributed by atoms with Gasteiger partial charge < -0.3 is 16.3 Å². The van der Waals surface area contributed by atoms with Gasteiger partial charge in [0.15, 0.2) is 6.20 Å². The maximum Gasteiger partial charge on any atom is 0.206 e. The van der Waals surface area contributed by atoms with Crippen LogP contribution in [0.3, 0.4) is 0 Å². The molecule has 3 N–H and O–H groups in total. The van der Waals surface area contributed by atoms with Crippen LogP contribution in [0.5, 0.6) is 0 Å². The number of thiophene rings is 1. The number of hydrogen-bond donors (Lipinski definition) is 2. The number of rotatable bonds is 7. The van der Waals surface area contributed by atoms with Crippen LogP contribution >= 0.6 is 11.3 Å². The topological polar surface area (TPSA) is 77.3 Å². The van der Waals surface area contributed by atoms with E-state index in [1.165, 1.54) is 11.8 Å². The fourth-order valence-electron chi connectivity index (χ4n) is 2.41. The molecule has 0 unspecified atom stereocenters. The van der Waals surface area contributed by atoms with Crippen LogP contribution in [0.4, 0.5) is 5.69 Å². The van der Waals surface area contributed by atoms with Gasteiger partial charge in [-0.25, -0.2) is 4.99 Å². The van der Waals surface area contributed by atoms with Gasteiger partial charge >= 0.3 is 0 Å². The standard InChI is InChI=1S/C19H20N4OS/c20-19(18-5-3-13-25-18)22-16-8-6-15(7-9-16)10-11-21-14-17-4-1-2-12-23(17)24/h1-9,12-13,21H,10-11,14H2,(H2,20,22). The van der Waals surface area contributed by atoms with Gasteiger partial charge in [0.05, 0.1) is 17.1 Å². The smallest absolute Gasteiger partial charge is 0.206 e. The summed E-state index contributed by atoms with van der Waals surface area (Å²) in [5.74, 6) is 0.540. The van der Waals surface area contributed by atoms with Crippen molar-refractivity contribution in [3.63, 3.8) is 0 Å². The second-order valence-electron chi connectivity index (χ2n) is 5.59. The third-order valence-electron chi connectivity index (χ3n) is 3.76. The number of aliphatic imine (C=N–C) groups is 1. The molecule has 3 rings (SSSR count). The maximum absolute atomic E-state index is 11.5. The Morgan fingerprint density at radius 3 is 2.68 bits per heavy atom. The summed E-state index contributed by atoms with van der Waals surface area (Å²) in [5.41, 5.74) is 8.78. The summed E-state index contributed by atoms with van der Waals surface area (Å²) in [6.07, 6.45) is 2.40. The first kappa shape index (κ1) is 17.1. The number of nitrogens with one attached hydrogen (secondary N) is 1. The lowest BCUT2D eigenvalue weighted by Crippen LogP contribution is -2.34. The molecule has 0 bridgehead atoms. The van der Waals surface area contributed by atoms with Gasteiger partial charge in [0.25, 0.3) is 0 Å². The molecule has 1 aromatic carbocycles. The van der Waals surface area contributed by atoms with Gasteiger partial charge in [-0.1, -0.05) is 18.2 Å². The lowest BCUT2D eigenvalue weighted by atomic mass is 10.1. The molecular weight excluding hydrogens is 332 g/mol. The van der Waals surface area contributed by atoms with Crippen molar-refractivity contribution in [3.8, 4) is 0 Å². The van der Waals surface area contributed by atoms with Gasteiger partial charge in [-0.05, 0) is 48.2 Å². The zero-order valence-corrected chi connectivity index (χ0v) is 14.6. The molecule has 25 heavy (non-hydrogen) atoms. The molecule has 2 aromatic heterocycles. The molecule has 0 saturated heterocycles. The van der Waals surface area contributed by atoms with E-state index in [0.717, 1.165) is 34.0 Å². The van der Waals surface area contributed by atoms with E-state index in [2.05, 4.69) is 22.4 Å². The Bertz CT molecular complexity index is 829. The summed E-state index contributed by atoms with van der Waals surface area (Å²) in [6, 6.07) is 17.4. The van der Waals surface area contributed by atoms with E-state index in [4.69, 9.17) is 5.73 Å². The molecule has 0 radical (unpaired) electrons. The van der Waals surface area contributed by atoms with Crippen molar-refractivity contribution in [2.45, 2.75) is 13.0 Å². The first-order chi connectivity index (χ1) is 12.2. The molecule has 0 spiro atoms. The number of hydrogen-bond acceptors (Lipinski definition) is 4. The Morgan fingerprint density at radius 1 is 1.12 bits per heavy atom. The molecular formula is C19H20N4OS. The van der Waals surface area contributed by atoms with Crippen molar-refractivity contribution in [2.24, 2.45) is 10.7 Å². The van der Waals surface area contributed by atoms with Crippen LogP contribution in [0.25, 0.3) is 0 Å². The minimum Gasteiger partial charge on any atom is -0.618 e. The Balaban J connectivity index is 1.49. The zero-order chi connectivity index (χ0) is 17.5. The molecule has 6 heteroatoms. The predicted molar refractivity (Wildman–Crippen MR) is 102 cm³/mol. The van der Waals surface area contributed by atoms with E-state index in [-0.39, 0.29) is 0 Å². The van der Waals surface area contributed by atoms with Crippen LogP contribution in [0.1, 0.15) is 16.1 Å². The summed E-state index contributed by atoms with van der Waals surface area (Å²) in [4.78, 5) is 5.42. The van der Waals surface area contributed by atoms with Crippen LogP contribution < -0.4 is 15.8 Å². The molecule has 5 nitrogen and oxygen atoms in total. The number of aromatic nitrogens is 1. The van der Waals surface area contributed by atoms with Gasteiger partial charge in [0.2, 0.25) is 5.69 Å². The van der Waals surface area contributed by atoms with E-state index in [1.807, 2.05) is 41.8 Å². The number of pyridine rings is 1. The van der Waals surface area contributed by atoms with Gasteiger partial charge in [-0.2, -0.15) is 4.73 Å². The van der Waals surface area contributed by atoms with Crippen molar-refractivity contribution >= 4 is 22.9 Å². The Labute approximate surface area is 151 Å². The van der Waals surface area contributed by atoms with Crippen LogP contribution in [-0.2, 0) is 13.0 Å². The second kappa shape index (κ2) is 8.41. The molecule has 128 valence electrons. The largest absolute Gasteiger partial charge is 0.618 e. The highest BCUT2D eigenvalue weighted by molar-refractivity contribution is 7.12. The molecule has 0 aliphatic rings. The number of nitrogens with two attached hydrogens (primary N) is 1. The lowest BCUT2D eigenvalue weighted by molar-refractivity contribution is -0.614. The first-order valence-electron chi connectivity index (χ1n) is 8.07. The predicted octanol–water partition coefficient (Wildman–Crippen LogP) is 2.75. The molecule has 0 saturated carbocycles. The van der Waals surface area contributed by atoms with Gasteiger partial charge in [-0.3, -0.25) is 0 Å². The van der Waals surface area contributed by atoms with Crippen LogP contribution in [-0.4, -0.2) is 12.4 Å². The van der Waals surface area contributed by atoms with Gasteiger partial charge in [0, 0.05) is 12.1 Å². The minimum absolute atomic E-state index is 0.540. The van der Waals surface area contributed by atoms with E-state index in [9.17, 15) is 5.21 Å². The second-order valence-corrected chi connectivity index (χ2v) is 6.53. The average Bonchev–Trinajstić information content (AvgIpc) is 3.16. The van der Waals surface area contributed by atoms with E-state index in [1.54, 1.807) is 17.4 Å². The number of amidine groups is 1. The maximum atomic E-state index is 11.5. The number of nitrogens with zero attached hydrogens (tertiary/aromatic N) is 2. The lowest BCUT2D eigenvalue weighted by Gasteiger charge is -2.06. The molecule has 0 amide bonds. The molecule has 2 heterocycles. The van der Waals surface area contributed by atoms with Crippen molar-refractivity contribution in [1.82, 2.24) is 5.32 Å². The van der Waals surface area contributed by atoms with Crippen LogP contribution in [0.15, 0.2) is 71.2 Å². The van der Waals surface area contributed by atoms with Crippen molar-refractivity contribution in [1.29, 1.82) is 0 Å². The third kappa shape index (κ3) is 4.89. The SMILES string of the molecule is NC(=Nc1ccc(CCNCc2cccc[n+]2[O-])cc1)c1cccs1. The molecule has 0 aliphatic carbocycles. The molecule has 3 aromatic rings. The van der Waals surface area contributed by atoms with E-state index < -0.39 is 0 Å². The van der Waals surface area contributed by atoms with Crippen molar-refractivity contribution < 1.29 is 4.73 Å². The Morgan fingerprint density at radius 2 is 1.96 bits per heavy atom. The van der Waals surface area contributed by atoms with Crippen LogP contribution in [0.2, 0.25) is 0 Å². The molecule has 0 atom stereocenters.